The number of hydrogen-bond donors (Lipinski definition) is 2. The van der Waals surface area contributed by atoms with Gasteiger partial charge in [0.25, 0.3) is 0 Å². The number of fused-ring (bicyclic) bond motifs is 3. The van der Waals surface area contributed by atoms with Gasteiger partial charge >= 0.3 is 12.1 Å². The minimum Gasteiger partial charge on any atom is -0.480 e. The molecule has 3 aliphatic rings. The normalized spacial score (nSPS) is 27.8. The first kappa shape index (κ1) is 27.0. The smallest absolute Gasteiger partial charge is 0.407 e. The molecule has 0 radical (unpaired) electrons. The molecular formula is C28H34IN3O6. The molecule has 2 amide bonds. The van der Waals surface area contributed by atoms with E-state index in [9.17, 15) is 19.5 Å². The zero-order chi connectivity index (χ0) is 26.6. The van der Waals surface area contributed by atoms with Crippen LogP contribution < -0.4 is 10.1 Å². The number of cyclic esters (lactones) is 1. The highest BCUT2D eigenvalue weighted by atomic mass is 127. The van der Waals surface area contributed by atoms with Crippen LogP contribution >= 0.6 is 22.6 Å². The van der Waals surface area contributed by atoms with Gasteiger partial charge in [-0.15, -0.1) is 0 Å². The second-order valence-electron chi connectivity index (χ2n) is 10.5. The molecular weight excluding hydrogens is 601 g/mol. The van der Waals surface area contributed by atoms with Gasteiger partial charge in [-0.2, -0.15) is 0 Å². The predicted octanol–water partition coefficient (Wildman–Crippen LogP) is 4.83. The molecule has 1 saturated carbocycles. The van der Waals surface area contributed by atoms with Crippen molar-refractivity contribution in [2.24, 2.45) is 5.92 Å². The maximum Gasteiger partial charge on any atom is 0.407 e. The summed E-state index contributed by atoms with van der Waals surface area (Å²) in [5.74, 6) is -1.09. The molecule has 10 heteroatoms. The Balaban J connectivity index is 1.50. The number of rotatable bonds is 2. The number of halogens is 1. The first-order valence-corrected chi connectivity index (χ1v) is 14.8. The van der Waals surface area contributed by atoms with Crippen LogP contribution in [-0.2, 0) is 20.7 Å². The van der Waals surface area contributed by atoms with E-state index < -0.39 is 34.3 Å². The van der Waals surface area contributed by atoms with Crippen molar-refractivity contribution in [3.63, 3.8) is 0 Å². The summed E-state index contributed by atoms with van der Waals surface area (Å²) in [5, 5.41) is 14.8. The zero-order valence-corrected chi connectivity index (χ0v) is 23.5. The number of aromatic nitrogens is 1. The number of nitrogens with zero attached hydrogens (tertiary/aromatic N) is 2. The van der Waals surface area contributed by atoms with Gasteiger partial charge in [0.05, 0.1) is 6.61 Å². The predicted molar refractivity (Wildman–Crippen MR) is 149 cm³/mol. The van der Waals surface area contributed by atoms with Gasteiger partial charge in [0, 0.05) is 18.0 Å². The summed E-state index contributed by atoms with van der Waals surface area (Å²) in [6, 6.07) is 6.25. The van der Waals surface area contributed by atoms with Crippen LogP contribution in [0.25, 0.3) is 10.8 Å². The molecule has 1 aromatic carbocycles. The van der Waals surface area contributed by atoms with Gasteiger partial charge in [0.1, 0.15) is 22.2 Å². The Morgan fingerprint density at radius 3 is 2.66 bits per heavy atom. The van der Waals surface area contributed by atoms with E-state index in [4.69, 9.17) is 9.47 Å². The molecule has 4 atom stereocenters. The van der Waals surface area contributed by atoms with E-state index in [2.05, 4.69) is 45.0 Å². The summed E-state index contributed by atoms with van der Waals surface area (Å²) in [6.45, 7) is 0.273. The third kappa shape index (κ3) is 5.84. The van der Waals surface area contributed by atoms with Gasteiger partial charge in [0.15, 0.2) is 0 Å². The summed E-state index contributed by atoms with van der Waals surface area (Å²) in [4.78, 5) is 45.0. The molecule has 4 bridgehead atoms. The average molecular weight is 635 g/mol. The molecule has 0 spiro atoms. The lowest BCUT2D eigenvalue weighted by atomic mass is 9.83. The maximum atomic E-state index is 14.0. The fourth-order valence-corrected chi connectivity index (χ4v) is 7.03. The van der Waals surface area contributed by atoms with Gasteiger partial charge < -0.3 is 24.8 Å². The van der Waals surface area contributed by atoms with Gasteiger partial charge in [-0.05, 0) is 67.5 Å². The Kier molecular flexibility index (Phi) is 8.54. The third-order valence-corrected chi connectivity index (χ3v) is 9.37. The van der Waals surface area contributed by atoms with Gasteiger partial charge in [-0.1, -0.05) is 54.0 Å². The van der Waals surface area contributed by atoms with Crippen LogP contribution in [0, 0.1) is 5.92 Å². The van der Waals surface area contributed by atoms with Crippen molar-refractivity contribution in [2.45, 2.75) is 86.4 Å². The van der Waals surface area contributed by atoms with Crippen LogP contribution in [0.2, 0.25) is 0 Å². The molecule has 2 N–H and O–H groups in total. The Morgan fingerprint density at radius 1 is 1.08 bits per heavy atom. The van der Waals surface area contributed by atoms with Crippen LogP contribution in [-0.4, -0.2) is 61.8 Å². The number of carboxylic acid groups (broad SMARTS) is 1. The summed E-state index contributed by atoms with van der Waals surface area (Å²) in [6.07, 6.45) is 8.72. The number of ether oxygens (including phenoxy) is 2. The molecule has 2 aromatic rings. The molecule has 1 aromatic heterocycles. The van der Waals surface area contributed by atoms with Crippen molar-refractivity contribution in [2.75, 3.05) is 6.61 Å². The van der Waals surface area contributed by atoms with E-state index in [0.717, 1.165) is 74.1 Å². The van der Waals surface area contributed by atoms with Crippen LogP contribution in [0.4, 0.5) is 4.79 Å². The van der Waals surface area contributed by atoms with Crippen molar-refractivity contribution < 1.29 is 29.0 Å². The number of alkyl halides is 1. The number of amides is 2. The lowest BCUT2D eigenvalue weighted by Gasteiger charge is -2.35. The molecule has 38 heavy (non-hydrogen) atoms. The minimum absolute atomic E-state index is 0.0643. The highest BCUT2D eigenvalue weighted by Gasteiger charge is 2.50. The molecule has 5 rings (SSSR count). The van der Waals surface area contributed by atoms with Gasteiger partial charge in [-0.3, -0.25) is 4.79 Å². The second kappa shape index (κ2) is 12.0. The monoisotopic (exact) mass is 635 g/mol. The molecule has 204 valence electrons. The van der Waals surface area contributed by atoms with E-state index in [1.165, 1.54) is 4.90 Å². The number of carboxylic acids is 1. The highest BCUT2D eigenvalue weighted by molar-refractivity contribution is 14.1. The van der Waals surface area contributed by atoms with Crippen molar-refractivity contribution in [3.05, 3.63) is 36.0 Å². The number of carbonyl (C=O) groups is 3. The van der Waals surface area contributed by atoms with Gasteiger partial charge in [-0.25, -0.2) is 14.6 Å². The molecule has 2 aliphatic heterocycles. The number of carbonyl (C=O) groups excluding carboxylic acids is 2. The lowest BCUT2D eigenvalue weighted by Crippen LogP contribution is -2.56. The molecule has 0 unspecified atom stereocenters. The lowest BCUT2D eigenvalue weighted by molar-refractivity contribution is -0.150. The Morgan fingerprint density at radius 2 is 1.87 bits per heavy atom. The number of aliphatic carboxylic acids is 1. The number of nitrogens with one attached hydrogen (secondary N) is 1. The van der Waals surface area contributed by atoms with Crippen molar-refractivity contribution in [1.29, 1.82) is 0 Å². The fourth-order valence-electron chi connectivity index (χ4n) is 5.93. The number of alkyl carbamates (subject to hydrolysis) is 1. The van der Waals surface area contributed by atoms with E-state index in [1.807, 2.05) is 12.1 Å². The topological polar surface area (TPSA) is 118 Å². The average Bonchev–Trinajstić information content (AvgIpc) is 3.25. The van der Waals surface area contributed by atoms with Crippen LogP contribution in [0.5, 0.6) is 5.88 Å². The van der Waals surface area contributed by atoms with Crippen LogP contribution in [0.3, 0.4) is 0 Å². The second-order valence-corrected chi connectivity index (χ2v) is 11.8. The highest BCUT2D eigenvalue weighted by Crippen LogP contribution is 2.37. The standard InChI is InChI=1S/C28H34IN3O6/c29-24-22-16-21(27(34)35)32(24)26(33)23(19-8-4-1-5-9-19)31-28(36)37-14-6-2-3-7-17-10-11-18-12-13-30-25(38-22)20(18)15-17/h10-13,15,19,21-24H,1-9,14,16H2,(H,31,36)(H,34,35)/t21-,22-,23-,24-/m0/s1. The van der Waals surface area contributed by atoms with Crippen LogP contribution in [0.15, 0.2) is 30.5 Å². The number of pyridine rings is 1. The summed E-state index contributed by atoms with van der Waals surface area (Å²) < 4.78 is 11.3. The van der Waals surface area contributed by atoms with E-state index in [1.54, 1.807) is 6.20 Å². The number of hydrogen-bond acceptors (Lipinski definition) is 6. The van der Waals surface area contributed by atoms with Crippen molar-refractivity contribution in [1.82, 2.24) is 15.2 Å². The Hall–Kier alpha value is -2.63. The van der Waals surface area contributed by atoms with E-state index in [0.29, 0.717) is 5.88 Å². The Labute approximate surface area is 235 Å². The molecule has 1 aliphatic carbocycles. The third-order valence-electron chi connectivity index (χ3n) is 7.96. The molecule has 1 saturated heterocycles. The van der Waals surface area contributed by atoms with Crippen molar-refractivity contribution in [3.8, 4) is 5.88 Å². The summed E-state index contributed by atoms with van der Waals surface area (Å²) >= 11 is 2.10. The number of aryl methyl sites for hydroxylation is 1. The largest absolute Gasteiger partial charge is 0.480 e. The SMILES string of the molecule is O=C1N[C@@H](C2CCCCC2)C(=O)N2[C@H](I)[C@H](C[C@H]2C(=O)O)Oc2nccc3ccc(cc23)CCCCCO1. The first-order valence-electron chi connectivity index (χ1n) is 13.6. The summed E-state index contributed by atoms with van der Waals surface area (Å²) in [5.41, 5.74) is 1.16. The quantitative estimate of drug-likeness (QED) is 0.276. The van der Waals surface area contributed by atoms with Crippen LogP contribution in [0.1, 0.15) is 63.4 Å². The summed E-state index contributed by atoms with van der Waals surface area (Å²) in [7, 11) is 0. The fraction of sp³-hybridized carbons (Fsp3) is 0.571. The van der Waals surface area contributed by atoms with E-state index >= 15 is 0 Å². The minimum atomic E-state index is -1.09. The van der Waals surface area contributed by atoms with E-state index in [-0.39, 0.29) is 24.9 Å². The van der Waals surface area contributed by atoms with Gasteiger partial charge in [0.2, 0.25) is 11.8 Å². The molecule has 3 heterocycles. The Bertz CT molecular complexity index is 1190. The number of benzene rings is 1. The molecule has 9 nitrogen and oxygen atoms in total. The maximum absolute atomic E-state index is 14.0. The molecule has 2 fully saturated rings. The van der Waals surface area contributed by atoms with Crippen molar-refractivity contribution >= 4 is 51.3 Å². The zero-order valence-electron chi connectivity index (χ0n) is 21.3. The first-order chi connectivity index (χ1) is 18.4.